The first-order chi connectivity index (χ1) is 8.40. The molecule has 0 saturated heterocycles. The molecule has 0 aliphatic heterocycles. The normalized spacial score (nSPS) is 9.05. The molecule has 2 N–H and O–H groups in total. The second-order valence-electron chi connectivity index (χ2n) is 3.19. The van der Waals surface area contributed by atoms with Crippen LogP contribution in [0.3, 0.4) is 0 Å². The maximum atomic E-state index is 8.88. The van der Waals surface area contributed by atoms with E-state index in [0.29, 0.717) is 20.1 Å². The van der Waals surface area contributed by atoms with Crippen LogP contribution in [0.1, 0.15) is 0 Å². The molecule has 2 rings (SSSR count). The van der Waals surface area contributed by atoms with E-state index in [1.807, 2.05) is 0 Å². The van der Waals surface area contributed by atoms with E-state index in [4.69, 9.17) is 56.6 Å². The van der Waals surface area contributed by atoms with Crippen molar-refractivity contribution in [3.63, 3.8) is 0 Å². The summed E-state index contributed by atoms with van der Waals surface area (Å²) in [5, 5.41) is 19.4. The molecule has 0 spiro atoms. The van der Waals surface area contributed by atoms with Gasteiger partial charge >= 0.3 is 0 Å². The summed E-state index contributed by atoms with van der Waals surface area (Å²) in [6.45, 7) is 0. The average molecular weight is 378 g/mol. The minimum Gasteiger partial charge on any atom is -0.506 e. The molecule has 0 atom stereocenters. The van der Waals surface area contributed by atoms with Crippen LogP contribution in [-0.4, -0.2) is 10.2 Å². The molecule has 0 amide bonds. The van der Waals surface area contributed by atoms with Crippen molar-refractivity contribution in [3.8, 4) is 11.5 Å². The second kappa shape index (κ2) is 8.81. The van der Waals surface area contributed by atoms with Crippen LogP contribution in [0.5, 0.6) is 11.5 Å². The van der Waals surface area contributed by atoms with Gasteiger partial charge in [0.15, 0.2) is 0 Å². The van der Waals surface area contributed by atoms with Gasteiger partial charge < -0.3 is 10.2 Å². The van der Waals surface area contributed by atoms with Crippen LogP contribution < -0.4 is 0 Å². The minimum atomic E-state index is 0. The number of aromatic hydroxyl groups is 2. The van der Waals surface area contributed by atoms with Crippen molar-refractivity contribution in [2.45, 2.75) is 0 Å². The van der Waals surface area contributed by atoms with Gasteiger partial charge in [0.1, 0.15) is 11.5 Å². The van der Waals surface area contributed by atoms with E-state index in [-0.39, 0.29) is 28.9 Å². The summed E-state index contributed by atoms with van der Waals surface area (Å²) >= 11 is 21.9. The SMILES string of the molecule is Oc1cc(Cl)ccc1Cl.Oc1cc(Cl)ccc1Cl.[Cr]. The summed E-state index contributed by atoms with van der Waals surface area (Å²) < 4.78 is 0. The van der Waals surface area contributed by atoms with Gasteiger partial charge in [0.25, 0.3) is 0 Å². The van der Waals surface area contributed by atoms with Gasteiger partial charge in [-0.05, 0) is 24.3 Å². The number of halogens is 4. The fourth-order valence-corrected chi connectivity index (χ4v) is 1.54. The van der Waals surface area contributed by atoms with Crippen molar-refractivity contribution < 1.29 is 27.6 Å². The summed E-state index contributed by atoms with van der Waals surface area (Å²) in [7, 11) is 0. The molecule has 0 aromatic heterocycles. The van der Waals surface area contributed by atoms with Crippen molar-refractivity contribution >= 4 is 46.4 Å². The van der Waals surface area contributed by atoms with E-state index in [0.717, 1.165) is 0 Å². The van der Waals surface area contributed by atoms with Gasteiger partial charge in [-0.3, -0.25) is 0 Å². The fourth-order valence-electron chi connectivity index (χ4n) is 0.972. The second-order valence-corrected chi connectivity index (χ2v) is 4.88. The summed E-state index contributed by atoms with van der Waals surface area (Å²) in [5.74, 6) is 0.0355. The zero-order valence-corrected chi connectivity index (χ0v) is 13.6. The largest absolute Gasteiger partial charge is 0.506 e. The summed E-state index contributed by atoms with van der Waals surface area (Å²) in [5.41, 5.74) is 0. The van der Waals surface area contributed by atoms with Crippen molar-refractivity contribution in [1.82, 2.24) is 0 Å². The molecule has 0 aliphatic carbocycles. The number of rotatable bonds is 0. The van der Waals surface area contributed by atoms with Crippen LogP contribution in [0.15, 0.2) is 36.4 Å². The van der Waals surface area contributed by atoms with E-state index in [1.165, 1.54) is 12.1 Å². The predicted molar refractivity (Wildman–Crippen MR) is 76.3 cm³/mol. The van der Waals surface area contributed by atoms with Crippen molar-refractivity contribution in [1.29, 1.82) is 0 Å². The molecule has 2 nitrogen and oxygen atoms in total. The standard InChI is InChI=1S/2C6H4Cl2O.Cr/c2*7-4-1-2-5(8)6(9)3-4;/h2*1-3,9H;. The third-order valence-electron chi connectivity index (χ3n) is 1.82. The number of hydrogen-bond donors (Lipinski definition) is 2. The number of phenols is 2. The molecule has 0 aliphatic rings. The Morgan fingerprint density at radius 2 is 0.947 bits per heavy atom. The molecule has 2 aromatic rings. The Bertz CT molecular complexity index is 500. The zero-order chi connectivity index (χ0) is 13.7. The Hall–Kier alpha value is -0.268. The minimum absolute atomic E-state index is 0. The van der Waals surface area contributed by atoms with Crippen LogP contribution >= 0.6 is 46.4 Å². The third kappa shape index (κ3) is 6.63. The molecule has 2 aromatic carbocycles. The van der Waals surface area contributed by atoms with Crippen LogP contribution in [0, 0.1) is 0 Å². The molecular formula is C12H8Cl4CrO2. The van der Waals surface area contributed by atoms with E-state index < -0.39 is 0 Å². The van der Waals surface area contributed by atoms with Crippen molar-refractivity contribution in [2.24, 2.45) is 0 Å². The van der Waals surface area contributed by atoms with Crippen LogP contribution in [0.4, 0.5) is 0 Å². The third-order valence-corrected chi connectivity index (χ3v) is 2.93. The predicted octanol–water partition coefficient (Wildman–Crippen LogP) is 5.40. The summed E-state index contributed by atoms with van der Waals surface area (Å²) in [4.78, 5) is 0. The molecule has 0 unspecified atom stereocenters. The first-order valence-corrected chi connectivity index (χ1v) is 6.19. The number of benzene rings is 2. The topological polar surface area (TPSA) is 40.5 Å². The Labute approximate surface area is 141 Å². The maximum Gasteiger partial charge on any atom is 0.135 e. The monoisotopic (exact) mass is 376 g/mol. The zero-order valence-electron chi connectivity index (χ0n) is 9.28. The van der Waals surface area contributed by atoms with E-state index in [2.05, 4.69) is 0 Å². The molecule has 7 heteroatoms. The first-order valence-electron chi connectivity index (χ1n) is 4.68. The van der Waals surface area contributed by atoms with Gasteiger partial charge in [-0.2, -0.15) is 0 Å². The Kier molecular flexibility index (Phi) is 8.69. The summed E-state index contributed by atoms with van der Waals surface area (Å²) in [6.07, 6.45) is 0. The van der Waals surface area contributed by atoms with Gasteiger partial charge in [0.05, 0.1) is 10.0 Å². The molecule has 0 radical (unpaired) electrons. The quantitative estimate of drug-likeness (QED) is 0.645. The van der Waals surface area contributed by atoms with Gasteiger partial charge in [0, 0.05) is 39.5 Å². The average Bonchev–Trinajstić information content (AvgIpc) is 2.30. The maximum absolute atomic E-state index is 8.88. The van der Waals surface area contributed by atoms with Crippen LogP contribution in [-0.2, 0) is 17.4 Å². The van der Waals surface area contributed by atoms with E-state index >= 15 is 0 Å². The van der Waals surface area contributed by atoms with Crippen molar-refractivity contribution in [3.05, 3.63) is 56.5 Å². The van der Waals surface area contributed by atoms with Gasteiger partial charge in [-0.1, -0.05) is 46.4 Å². The van der Waals surface area contributed by atoms with E-state index in [9.17, 15) is 0 Å². The fraction of sp³-hybridized carbons (Fsp3) is 0. The molecule has 0 bridgehead atoms. The van der Waals surface area contributed by atoms with Gasteiger partial charge in [-0.15, -0.1) is 0 Å². The molecule has 0 fully saturated rings. The first kappa shape index (κ1) is 18.7. The van der Waals surface area contributed by atoms with Crippen LogP contribution in [0.2, 0.25) is 20.1 Å². The summed E-state index contributed by atoms with van der Waals surface area (Å²) in [6, 6.07) is 9.10. The van der Waals surface area contributed by atoms with Crippen LogP contribution in [0.25, 0.3) is 0 Å². The molecular weight excluding hydrogens is 370 g/mol. The van der Waals surface area contributed by atoms with Crippen molar-refractivity contribution in [2.75, 3.05) is 0 Å². The number of phenolic OH excluding ortho intramolecular Hbond substituents is 2. The Morgan fingerprint density at radius 3 is 1.16 bits per heavy atom. The molecule has 19 heavy (non-hydrogen) atoms. The Morgan fingerprint density at radius 1 is 0.632 bits per heavy atom. The van der Waals surface area contributed by atoms with Gasteiger partial charge in [-0.25, -0.2) is 0 Å². The molecule has 0 heterocycles. The Balaban J connectivity index is 0.000000324. The van der Waals surface area contributed by atoms with E-state index in [1.54, 1.807) is 24.3 Å². The molecule has 0 saturated carbocycles. The number of hydrogen-bond acceptors (Lipinski definition) is 2. The smallest absolute Gasteiger partial charge is 0.135 e. The molecule has 102 valence electrons. The van der Waals surface area contributed by atoms with Gasteiger partial charge in [0.2, 0.25) is 0 Å².